The van der Waals surface area contributed by atoms with E-state index in [9.17, 15) is 14.7 Å². The van der Waals surface area contributed by atoms with Crippen LogP contribution in [0, 0.1) is 5.92 Å². The number of nitrogens with one attached hydrogen (secondary N) is 1. The zero-order chi connectivity index (χ0) is 15.1. The summed E-state index contributed by atoms with van der Waals surface area (Å²) < 4.78 is 0. The number of rotatable bonds is 6. The van der Waals surface area contributed by atoms with Crippen LogP contribution in [0.3, 0.4) is 0 Å². The predicted molar refractivity (Wildman–Crippen MR) is 77.3 cm³/mol. The lowest BCUT2D eigenvalue weighted by molar-refractivity contribution is -0.122. The van der Waals surface area contributed by atoms with Crippen molar-refractivity contribution in [3.63, 3.8) is 0 Å². The van der Waals surface area contributed by atoms with Crippen LogP contribution in [0.1, 0.15) is 24.2 Å². The second-order valence-electron chi connectivity index (χ2n) is 5.13. The number of benzene rings is 1. The fraction of sp³-hybridized carbons (Fsp3) is 0.467. The minimum absolute atomic E-state index is 0.0308. The second kappa shape index (κ2) is 7.65. The summed E-state index contributed by atoms with van der Waals surface area (Å²) in [6.45, 7) is 3.69. The molecule has 1 rings (SSSR count). The highest BCUT2D eigenvalue weighted by Crippen LogP contribution is 2.04. The molecule has 0 bridgehead atoms. The Kier molecular flexibility index (Phi) is 6.18. The molecule has 0 unspecified atom stereocenters. The van der Waals surface area contributed by atoms with Crippen LogP contribution < -0.4 is 5.32 Å². The maximum absolute atomic E-state index is 12.1. The van der Waals surface area contributed by atoms with E-state index < -0.39 is 0 Å². The predicted octanol–water partition coefficient (Wildman–Crippen LogP) is 0.892. The van der Waals surface area contributed by atoms with Crippen LogP contribution in [0.2, 0.25) is 0 Å². The monoisotopic (exact) mass is 278 g/mol. The summed E-state index contributed by atoms with van der Waals surface area (Å²) in [7, 11) is 1.58. The first-order chi connectivity index (χ1) is 9.45. The van der Waals surface area contributed by atoms with Gasteiger partial charge in [0.1, 0.15) is 0 Å². The number of amides is 2. The quantitative estimate of drug-likeness (QED) is 0.812. The molecule has 1 aromatic rings. The number of aliphatic hydroxyl groups excluding tert-OH is 1. The van der Waals surface area contributed by atoms with Crippen molar-refractivity contribution in [2.75, 3.05) is 20.2 Å². The third-order valence-electron chi connectivity index (χ3n) is 3.10. The van der Waals surface area contributed by atoms with Crippen LogP contribution >= 0.6 is 0 Å². The van der Waals surface area contributed by atoms with Gasteiger partial charge in [-0.1, -0.05) is 32.0 Å². The van der Waals surface area contributed by atoms with E-state index in [0.717, 1.165) is 0 Å². The fourth-order valence-corrected chi connectivity index (χ4v) is 1.76. The average Bonchev–Trinajstić information content (AvgIpc) is 2.44. The Hall–Kier alpha value is -1.88. The van der Waals surface area contributed by atoms with Crippen LogP contribution in [-0.2, 0) is 4.79 Å². The summed E-state index contributed by atoms with van der Waals surface area (Å²) in [5.41, 5.74) is 0.547. The van der Waals surface area contributed by atoms with Gasteiger partial charge in [0, 0.05) is 12.6 Å². The minimum Gasteiger partial charge on any atom is -0.394 e. The standard InChI is InChI=1S/C15H22N2O3/c1-11(2)13(10-18)16-14(19)9-17(3)15(20)12-7-5-4-6-8-12/h4-8,11,13,18H,9-10H2,1-3H3,(H,16,19)/t13-/m1/s1. The molecule has 0 heterocycles. The number of carbonyl (C=O) groups excluding carboxylic acids is 2. The van der Waals surface area contributed by atoms with Crippen molar-refractivity contribution in [1.29, 1.82) is 0 Å². The number of hydrogen-bond acceptors (Lipinski definition) is 3. The first kappa shape index (κ1) is 16.2. The average molecular weight is 278 g/mol. The molecule has 0 saturated carbocycles. The van der Waals surface area contributed by atoms with Gasteiger partial charge in [-0.3, -0.25) is 9.59 Å². The molecule has 0 aliphatic heterocycles. The zero-order valence-corrected chi connectivity index (χ0v) is 12.2. The van der Waals surface area contributed by atoms with E-state index in [-0.39, 0.29) is 36.9 Å². The lowest BCUT2D eigenvalue weighted by Gasteiger charge is -2.22. The van der Waals surface area contributed by atoms with Crippen molar-refractivity contribution in [3.05, 3.63) is 35.9 Å². The highest BCUT2D eigenvalue weighted by Gasteiger charge is 2.18. The van der Waals surface area contributed by atoms with Crippen molar-refractivity contribution in [3.8, 4) is 0 Å². The Bertz CT molecular complexity index is 446. The van der Waals surface area contributed by atoms with Gasteiger partial charge in [0.2, 0.25) is 5.91 Å². The van der Waals surface area contributed by atoms with E-state index >= 15 is 0 Å². The highest BCUT2D eigenvalue weighted by molar-refractivity contribution is 5.96. The summed E-state index contributed by atoms with van der Waals surface area (Å²) in [6, 6.07) is 8.52. The van der Waals surface area contributed by atoms with Gasteiger partial charge in [-0.15, -0.1) is 0 Å². The maximum Gasteiger partial charge on any atom is 0.254 e. The van der Waals surface area contributed by atoms with E-state index in [1.165, 1.54) is 4.90 Å². The molecular formula is C15H22N2O3. The second-order valence-corrected chi connectivity index (χ2v) is 5.13. The molecule has 0 radical (unpaired) electrons. The van der Waals surface area contributed by atoms with Crippen molar-refractivity contribution in [1.82, 2.24) is 10.2 Å². The number of likely N-dealkylation sites (N-methyl/N-ethyl adjacent to an activating group) is 1. The Labute approximate surface area is 119 Å². The molecule has 2 N–H and O–H groups in total. The van der Waals surface area contributed by atoms with E-state index in [1.807, 2.05) is 19.9 Å². The van der Waals surface area contributed by atoms with Crippen molar-refractivity contribution in [2.45, 2.75) is 19.9 Å². The Morgan fingerprint density at radius 2 is 1.85 bits per heavy atom. The van der Waals surface area contributed by atoms with Crippen LogP contribution in [0.4, 0.5) is 0 Å². The summed E-state index contributed by atoms with van der Waals surface area (Å²) in [5, 5.41) is 11.9. The van der Waals surface area contributed by atoms with Crippen molar-refractivity contribution >= 4 is 11.8 Å². The summed E-state index contributed by atoms with van der Waals surface area (Å²) >= 11 is 0. The molecule has 0 fully saturated rings. The molecule has 1 atom stereocenters. The number of hydrogen-bond donors (Lipinski definition) is 2. The molecule has 0 saturated heterocycles. The minimum atomic E-state index is -0.289. The van der Waals surface area contributed by atoms with Crippen LogP contribution in [-0.4, -0.2) is 48.1 Å². The van der Waals surface area contributed by atoms with Crippen LogP contribution in [0.5, 0.6) is 0 Å². The number of aliphatic hydroxyl groups is 1. The van der Waals surface area contributed by atoms with Gasteiger partial charge < -0.3 is 15.3 Å². The highest BCUT2D eigenvalue weighted by atomic mass is 16.3. The Balaban J connectivity index is 2.55. The molecule has 20 heavy (non-hydrogen) atoms. The Morgan fingerprint density at radius 1 is 1.25 bits per heavy atom. The molecule has 0 spiro atoms. The van der Waals surface area contributed by atoms with Gasteiger partial charge in [-0.25, -0.2) is 0 Å². The molecule has 0 aromatic heterocycles. The molecule has 0 aliphatic carbocycles. The van der Waals surface area contributed by atoms with Crippen molar-refractivity contribution < 1.29 is 14.7 Å². The first-order valence-corrected chi connectivity index (χ1v) is 6.66. The van der Waals surface area contributed by atoms with Crippen molar-refractivity contribution in [2.24, 2.45) is 5.92 Å². The smallest absolute Gasteiger partial charge is 0.254 e. The van der Waals surface area contributed by atoms with Gasteiger partial charge in [0.05, 0.1) is 19.2 Å². The first-order valence-electron chi connectivity index (χ1n) is 6.66. The molecule has 5 nitrogen and oxygen atoms in total. The molecule has 2 amide bonds. The maximum atomic E-state index is 12.1. The fourth-order valence-electron chi connectivity index (χ4n) is 1.76. The molecule has 1 aromatic carbocycles. The number of nitrogens with zero attached hydrogens (tertiary/aromatic N) is 1. The lowest BCUT2D eigenvalue weighted by atomic mass is 10.1. The third-order valence-corrected chi connectivity index (χ3v) is 3.10. The summed E-state index contributed by atoms with van der Waals surface area (Å²) in [4.78, 5) is 25.3. The largest absolute Gasteiger partial charge is 0.394 e. The molecule has 0 aliphatic rings. The van der Waals surface area contributed by atoms with Crippen LogP contribution in [0.15, 0.2) is 30.3 Å². The number of carbonyl (C=O) groups is 2. The van der Waals surface area contributed by atoms with Gasteiger partial charge in [-0.2, -0.15) is 0 Å². The normalized spacial score (nSPS) is 12.1. The van der Waals surface area contributed by atoms with Gasteiger partial charge in [-0.05, 0) is 18.1 Å². The van der Waals surface area contributed by atoms with E-state index in [2.05, 4.69) is 5.32 Å². The van der Waals surface area contributed by atoms with Gasteiger partial charge in [0.15, 0.2) is 0 Å². The topological polar surface area (TPSA) is 69.6 Å². The van der Waals surface area contributed by atoms with E-state index in [0.29, 0.717) is 5.56 Å². The Morgan fingerprint density at radius 3 is 2.35 bits per heavy atom. The van der Waals surface area contributed by atoms with Gasteiger partial charge >= 0.3 is 0 Å². The zero-order valence-electron chi connectivity index (χ0n) is 12.2. The lowest BCUT2D eigenvalue weighted by Crippen LogP contribution is -2.46. The summed E-state index contributed by atoms with van der Waals surface area (Å²) in [5.74, 6) is -0.338. The SMILES string of the molecule is CC(C)[C@@H](CO)NC(=O)CN(C)C(=O)c1ccccc1. The van der Waals surface area contributed by atoms with Gasteiger partial charge in [0.25, 0.3) is 5.91 Å². The summed E-state index contributed by atoms with van der Waals surface area (Å²) in [6.07, 6.45) is 0. The van der Waals surface area contributed by atoms with Crippen LogP contribution in [0.25, 0.3) is 0 Å². The van der Waals surface area contributed by atoms with E-state index in [4.69, 9.17) is 0 Å². The third kappa shape index (κ3) is 4.66. The molecular weight excluding hydrogens is 256 g/mol. The molecule has 5 heteroatoms. The van der Waals surface area contributed by atoms with E-state index in [1.54, 1.807) is 31.3 Å². The molecule has 110 valence electrons.